The number of primary amides is 1. The fourth-order valence-corrected chi connectivity index (χ4v) is 2.44. The Hall–Kier alpha value is -3.34. The first-order chi connectivity index (χ1) is 12.6. The van der Waals surface area contributed by atoms with Gasteiger partial charge in [0.15, 0.2) is 17.3 Å². The minimum atomic E-state index is -0.860. The quantitative estimate of drug-likeness (QED) is 0.698. The molecule has 0 aromatic heterocycles. The normalized spacial score (nSPS) is 10.3. The molecule has 0 saturated carbocycles. The average molecular weight is 351 g/mol. The molecule has 26 heavy (non-hydrogen) atoms. The third-order valence-electron chi connectivity index (χ3n) is 3.79. The van der Waals surface area contributed by atoms with Gasteiger partial charge in [0.25, 0.3) is 5.91 Å². The summed E-state index contributed by atoms with van der Waals surface area (Å²) in [7, 11) is 0. The van der Waals surface area contributed by atoms with Crippen molar-refractivity contribution in [1.29, 1.82) is 0 Å². The number of carbonyl (C=O) groups excluding carboxylic acids is 1. The van der Waals surface area contributed by atoms with E-state index in [4.69, 9.17) is 15.2 Å². The lowest BCUT2D eigenvalue weighted by atomic mass is 10.1. The highest BCUT2D eigenvalue weighted by atomic mass is 19.1. The van der Waals surface area contributed by atoms with Crippen LogP contribution >= 0.6 is 0 Å². The summed E-state index contributed by atoms with van der Waals surface area (Å²) in [5.41, 5.74) is 6.79. The lowest BCUT2D eigenvalue weighted by Crippen LogP contribution is -2.14. The van der Waals surface area contributed by atoms with Crippen LogP contribution in [-0.4, -0.2) is 5.91 Å². The molecule has 1 amide bonds. The van der Waals surface area contributed by atoms with E-state index in [-0.39, 0.29) is 30.3 Å². The summed E-state index contributed by atoms with van der Waals surface area (Å²) in [4.78, 5) is 11.4. The second-order valence-corrected chi connectivity index (χ2v) is 5.67. The van der Waals surface area contributed by atoms with Crippen LogP contribution in [0, 0.1) is 5.82 Å². The predicted octanol–water partition coefficient (Wildman–Crippen LogP) is 4.08. The SMILES string of the molecule is NC(=O)c1ccc(OCc2ccccc2)c(OCc2ccccc2)c1F. The number of nitrogens with two attached hydrogens (primary N) is 1. The minimum absolute atomic E-state index is 0.124. The third-order valence-corrected chi connectivity index (χ3v) is 3.79. The molecule has 3 aromatic carbocycles. The van der Waals surface area contributed by atoms with Crippen LogP contribution in [0.15, 0.2) is 72.8 Å². The van der Waals surface area contributed by atoms with E-state index in [0.29, 0.717) is 0 Å². The molecule has 3 rings (SSSR count). The Bertz CT molecular complexity index is 883. The van der Waals surface area contributed by atoms with Gasteiger partial charge in [-0.1, -0.05) is 60.7 Å². The van der Waals surface area contributed by atoms with E-state index in [0.717, 1.165) is 11.1 Å². The molecule has 132 valence electrons. The van der Waals surface area contributed by atoms with Crippen LogP contribution in [-0.2, 0) is 13.2 Å². The molecule has 0 saturated heterocycles. The average Bonchev–Trinajstić information content (AvgIpc) is 2.67. The molecule has 0 spiro atoms. The maximum absolute atomic E-state index is 14.7. The van der Waals surface area contributed by atoms with Gasteiger partial charge in [-0.2, -0.15) is 0 Å². The number of amides is 1. The van der Waals surface area contributed by atoms with E-state index in [9.17, 15) is 9.18 Å². The molecule has 0 unspecified atom stereocenters. The first-order valence-corrected chi connectivity index (χ1v) is 8.11. The van der Waals surface area contributed by atoms with Crippen LogP contribution in [0.3, 0.4) is 0 Å². The van der Waals surface area contributed by atoms with Crippen LogP contribution in [0.2, 0.25) is 0 Å². The molecule has 5 heteroatoms. The monoisotopic (exact) mass is 351 g/mol. The number of ether oxygens (including phenoxy) is 2. The number of carbonyl (C=O) groups is 1. The van der Waals surface area contributed by atoms with E-state index in [1.165, 1.54) is 12.1 Å². The Balaban J connectivity index is 1.84. The lowest BCUT2D eigenvalue weighted by Gasteiger charge is -2.15. The van der Waals surface area contributed by atoms with Crippen LogP contribution in [0.25, 0.3) is 0 Å². The number of hydrogen-bond acceptors (Lipinski definition) is 3. The lowest BCUT2D eigenvalue weighted by molar-refractivity contribution is 0.0995. The second kappa shape index (κ2) is 8.16. The second-order valence-electron chi connectivity index (χ2n) is 5.67. The van der Waals surface area contributed by atoms with Gasteiger partial charge in [0.1, 0.15) is 13.2 Å². The summed E-state index contributed by atoms with van der Waals surface area (Å²) < 4.78 is 26.0. The van der Waals surface area contributed by atoms with Gasteiger partial charge in [0.05, 0.1) is 5.56 Å². The highest BCUT2D eigenvalue weighted by Crippen LogP contribution is 2.33. The Kier molecular flexibility index (Phi) is 5.49. The molecule has 4 nitrogen and oxygen atoms in total. The molecule has 0 aliphatic carbocycles. The van der Waals surface area contributed by atoms with Crippen molar-refractivity contribution in [3.8, 4) is 11.5 Å². The van der Waals surface area contributed by atoms with Crippen molar-refractivity contribution in [2.24, 2.45) is 5.73 Å². The molecule has 0 fully saturated rings. The zero-order valence-corrected chi connectivity index (χ0v) is 14.0. The van der Waals surface area contributed by atoms with Gasteiger partial charge in [-0.15, -0.1) is 0 Å². The fourth-order valence-electron chi connectivity index (χ4n) is 2.44. The highest BCUT2D eigenvalue weighted by molar-refractivity contribution is 5.93. The molecule has 0 aliphatic heterocycles. The molecule has 0 aliphatic rings. The van der Waals surface area contributed by atoms with Crippen LogP contribution in [0.1, 0.15) is 21.5 Å². The van der Waals surface area contributed by atoms with Gasteiger partial charge >= 0.3 is 0 Å². The fraction of sp³-hybridized carbons (Fsp3) is 0.0952. The van der Waals surface area contributed by atoms with Gasteiger partial charge in [-0.3, -0.25) is 4.79 Å². The zero-order valence-electron chi connectivity index (χ0n) is 14.0. The predicted molar refractivity (Wildman–Crippen MR) is 96.5 cm³/mol. The third kappa shape index (κ3) is 4.19. The molecular weight excluding hydrogens is 333 g/mol. The number of hydrogen-bond donors (Lipinski definition) is 1. The van der Waals surface area contributed by atoms with Gasteiger partial charge in [-0.05, 0) is 23.3 Å². The largest absolute Gasteiger partial charge is 0.485 e. The summed E-state index contributed by atoms with van der Waals surface area (Å²) >= 11 is 0. The van der Waals surface area contributed by atoms with Crippen molar-refractivity contribution >= 4 is 5.91 Å². The molecular formula is C21H18FNO3. The summed E-state index contributed by atoms with van der Waals surface area (Å²) in [6, 6.07) is 21.6. The van der Waals surface area contributed by atoms with E-state index < -0.39 is 11.7 Å². The summed E-state index contributed by atoms with van der Waals surface area (Å²) in [6.07, 6.45) is 0. The van der Waals surface area contributed by atoms with Gasteiger partial charge in [0, 0.05) is 0 Å². The van der Waals surface area contributed by atoms with Crippen LogP contribution in [0.4, 0.5) is 4.39 Å². The van der Waals surface area contributed by atoms with Crippen LogP contribution < -0.4 is 15.2 Å². The zero-order chi connectivity index (χ0) is 18.4. The van der Waals surface area contributed by atoms with E-state index in [2.05, 4.69) is 0 Å². The molecule has 2 N–H and O–H groups in total. The van der Waals surface area contributed by atoms with Crippen molar-refractivity contribution in [3.05, 3.63) is 95.3 Å². The first-order valence-electron chi connectivity index (χ1n) is 8.11. The van der Waals surface area contributed by atoms with Crippen molar-refractivity contribution in [2.75, 3.05) is 0 Å². The van der Waals surface area contributed by atoms with Crippen molar-refractivity contribution in [3.63, 3.8) is 0 Å². The van der Waals surface area contributed by atoms with Gasteiger partial charge in [-0.25, -0.2) is 4.39 Å². The molecule has 0 bridgehead atoms. The minimum Gasteiger partial charge on any atom is -0.485 e. The van der Waals surface area contributed by atoms with Gasteiger partial charge < -0.3 is 15.2 Å². The number of rotatable bonds is 7. The molecule has 0 atom stereocenters. The molecule has 0 heterocycles. The van der Waals surface area contributed by atoms with Gasteiger partial charge in [0.2, 0.25) is 0 Å². The summed E-state index contributed by atoms with van der Waals surface area (Å²) in [6.45, 7) is 0.388. The van der Waals surface area contributed by atoms with Crippen molar-refractivity contribution < 1.29 is 18.7 Å². The summed E-state index contributed by atoms with van der Waals surface area (Å²) in [5, 5.41) is 0. The summed E-state index contributed by atoms with van der Waals surface area (Å²) in [5.74, 6) is -1.59. The highest BCUT2D eigenvalue weighted by Gasteiger charge is 2.19. The van der Waals surface area contributed by atoms with Crippen LogP contribution in [0.5, 0.6) is 11.5 Å². The maximum atomic E-state index is 14.7. The van der Waals surface area contributed by atoms with E-state index in [1.807, 2.05) is 60.7 Å². The molecule has 3 aromatic rings. The van der Waals surface area contributed by atoms with Crippen molar-refractivity contribution in [1.82, 2.24) is 0 Å². The number of halogens is 1. The number of benzene rings is 3. The van der Waals surface area contributed by atoms with E-state index in [1.54, 1.807) is 0 Å². The maximum Gasteiger partial charge on any atom is 0.251 e. The van der Waals surface area contributed by atoms with E-state index >= 15 is 0 Å². The smallest absolute Gasteiger partial charge is 0.251 e. The topological polar surface area (TPSA) is 61.6 Å². The van der Waals surface area contributed by atoms with Crippen molar-refractivity contribution in [2.45, 2.75) is 13.2 Å². The molecule has 0 radical (unpaired) electrons. The Morgan fingerprint density at radius 3 is 1.88 bits per heavy atom. The Morgan fingerprint density at radius 1 is 0.808 bits per heavy atom. The standard InChI is InChI=1S/C21H18FNO3/c22-19-17(21(23)24)11-12-18(25-13-15-7-3-1-4-8-15)20(19)26-14-16-9-5-2-6-10-16/h1-12H,13-14H2,(H2,23,24). The Labute approximate surface area is 151 Å². The Morgan fingerprint density at radius 2 is 1.35 bits per heavy atom. The first kappa shape index (κ1) is 17.5.